The largest absolute Gasteiger partial charge is 0.456 e. The number of amides is 1. The molecule has 1 aliphatic carbocycles. The Bertz CT molecular complexity index is 781. The Hall–Kier alpha value is -2.77. The van der Waals surface area contributed by atoms with Crippen LogP contribution in [0.2, 0.25) is 0 Å². The fourth-order valence-corrected chi connectivity index (χ4v) is 3.94. The van der Waals surface area contributed by atoms with Crippen molar-refractivity contribution < 1.29 is 24.0 Å². The van der Waals surface area contributed by atoms with E-state index < -0.39 is 35.2 Å². The Kier molecular flexibility index (Phi) is 6.88. The van der Waals surface area contributed by atoms with Gasteiger partial charge in [-0.05, 0) is 37.8 Å². The maximum atomic E-state index is 12.1. The van der Waals surface area contributed by atoms with Crippen molar-refractivity contribution in [2.45, 2.75) is 40.5 Å². The van der Waals surface area contributed by atoms with Gasteiger partial charge in [0.05, 0.1) is 6.42 Å². The SMILES string of the molecule is Cc1cc(C)c(NC(=O)COC(=O)C[C@@H]2C(=O)C[C@@H](C)[C@@H]2C[N+](=O)[O-])c(C)c1. The van der Waals surface area contributed by atoms with E-state index in [4.69, 9.17) is 4.74 Å². The predicted octanol–water partition coefficient (Wildman–Crippen LogP) is 2.60. The molecule has 8 nitrogen and oxygen atoms in total. The normalized spacial score (nSPS) is 21.4. The molecule has 0 aliphatic heterocycles. The number of nitro groups is 1. The lowest BCUT2D eigenvalue weighted by Crippen LogP contribution is -2.28. The zero-order chi connectivity index (χ0) is 21.0. The van der Waals surface area contributed by atoms with Crippen LogP contribution < -0.4 is 5.32 Å². The average molecular weight is 390 g/mol. The molecule has 2 rings (SSSR count). The molecule has 3 atom stereocenters. The van der Waals surface area contributed by atoms with Gasteiger partial charge in [-0.1, -0.05) is 24.6 Å². The third kappa shape index (κ3) is 5.37. The number of carbonyl (C=O) groups is 3. The van der Waals surface area contributed by atoms with Crippen LogP contribution in [0.3, 0.4) is 0 Å². The number of esters is 1. The number of nitrogens with one attached hydrogen (secondary N) is 1. The molecule has 0 bridgehead atoms. The molecule has 1 amide bonds. The molecule has 1 aromatic carbocycles. The molecule has 1 saturated carbocycles. The van der Waals surface area contributed by atoms with Crippen LogP contribution in [-0.4, -0.2) is 35.7 Å². The zero-order valence-corrected chi connectivity index (χ0v) is 16.6. The van der Waals surface area contributed by atoms with Gasteiger partial charge in [0.25, 0.3) is 5.91 Å². The Morgan fingerprint density at radius 1 is 1.25 bits per heavy atom. The van der Waals surface area contributed by atoms with E-state index in [0.29, 0.717) is 5.69 Å². The third-order valence-electron chi connectivity index (χ3n) is 5.24. The van der Waals surface area contributed by atoms with Crippen LogP contribution in [0.1, 0.15) is 36.5 Å². The van der Waals surface area contributed by atoms with Crippen LogP contribution in [0.5, 0.6) is 0 Å². The number of Topliss-reactive ketones (excluding diaryl/α,β-unsaturated/α-hetero) is 1. The summed E-state index contributed by atoms with van der Waals surface area (Å²) in [5.41, 5.74) is 3.58. The van der Waals surface area contributed by atoms with Gasteiger partial charge in [-0.2, -0.15) is 0 Å². The number of nitrogens with zero attached hydrogens (tertiary/aromatic N) is 1. The zero-order valence-electron chi connectivity index (χ0n) is 16.6. The molecule has 152 valence electrons. The Morgan fingerprint density at radius 2 is 1.86 bits per heavy atom. The first-order valence-electron chi connectivity index (χ1n) is 9.26. The van der Waals surface area contributed by atoms with E-state index in [1.165, 1.54) is 0 Å². The molecule has 1 aliphatic rings. The van der Waals surface area contributed by atoms with Crippen molar-refractivity contribution in [3.05, 3.63) is 38.9 Å². The molecule has 0 aromatic heterocycles. The summed E-state index contributed by atoms with van der Waals surface area (Å²) in [6.07, 6.45) is -0.0134. The number of carbonyl (C=O) groups excluding carboxylic acids is 3. The number of ketones is 1. The molecule has 0 unspecified atom stereocenters. The number of hydrogen-bond donors (Lipinski definition) is 1. The number of anilines is 1. The fourth-order valence-electron chi connectivity index (χ4n) is 3.94. The van der Waals surface area contributed by atoms with Gasteiger partial charge in [0.1, 0.15) is 5.78 Å². The highest BCUT2D eigenvalue weighted by Crippen LogP contribution is 2.36. The van der Waals surface area contributed by atoms with Crippen LogP contribution in [0.25, 0.3) is 0 Å². The van der Waals surface area contributed by atoms with Crippen molar-refractivity contribution in [1.29, 1.82) is 0 Å². The summed E-state index contributed by atoms with van der Waals surface area (Å²) in [4.78, 5) is 46.7. The minimum atomic E-state index is -0.724. The Labute approximate surface area is 163 Å². The average Bonchev–Trinajstić information content (AvgIpc) is 2.82. The van der Waals surface area contributed by atoms with Crippen molar-refractivity contribution in [2.75, 3.05) is 18.5 Å². The Balaban J connectivity index is 1.90. The number of benzene rings is 1. The van der Waals surface area contributed by atoms with Crippen molar-refractivity contribution in [1.82, 2.24) is 0 Å². The van der Waals surface area contributed by atoms with Gasteiger partial charge in [0.2, 0.25) is 6.54 Å². The van der Waals surface area contributed by atoms with E-state index in [-0.39, 0.29) is 31.1 Å². The van der Waals surface area contributed by atoms with Gasteiger partial charge in [-0.25, -0.2) is 0 Å². The molecule has 28 heavy (non-hydrogen) atoms. The molecular weight excluding hydrogens is 364 g/mol. The van der Waals surface area contributed by atoms with E-state index in [1.807, 2.05) is 32.9 Å². The maximum absolute atomic E-state index is 12.1. The van der Waals surface area contributed by atoms with Gasteiger partial charge in [-0.3, -0.25) is 24.5 Å². The molecule has 8 heteroatoms. The second-order valence-corrected chi connectivity index (χ2v) is 7.62. The van der Waals surface area contributed by atoms with Gasteiger partial charge in [-0.15, -0.1) is 0 Å². The fraction of sp³-hybridized carbons (Fsp3) is 0.550. The van der Waals surface area contributed by atoms with E-state index in [2.05, 4.69) is 5.32 Å². The molecule has 0 heterocycles. The van der Waals surface area contributed by atoms with Crippen molar-refractivity contribution in [3.63, 3.8) is 0 Å². The lowest BCUT2D eigenvalue weighted by molar-refractivity contribution is -0.490. The molecule has 0 saturated heterocycles. The van der Waals surface area contributed by atoms with Crippen LogP contribution in [0.4, 0.5) is 5.69 Å². The summed E-state index contributed by atoms with van der Waals surface area (Å²) < 4.78 is 5.01. The quantitative estimate of drug-likeness (QED) is 0.435. The van der Waals surface area contributed by atoms with Crippen molar-refractivity contribution >= 4 is 23.3 Å². The van der Waals surface area contributed by atoms with Crippen molar-refractivity contribution in [3.8, 4) is 0 Å². The summed E-state index contributed by atoms with van der Waals surface area (Å²) in [5, 5.41) is 13.6. The smallest absolute Gasteiger partial charge is 0.307 e. The first kappa shape index (κ1) is 21.5. The van der Waals surface area contributed by atoms with E-state index in [0.717, 1.165) is 16.7 Å². The highest BCUT2D eigenvalue weighted by atomic mass is 16.6. The van der Waals surface area contributed by atoms with Gasteiger partial charge in [0, 0.05) is 28.9 Å². The van der Waals surface area contributed by atoms with Crippen molar-refractivity contribution in [2.24, 2.45) is 17.8 Å². The summed E-state index contributed by atoms with van der Waals surface area (Å²) in [7, 11) is 0. The monoisotopic (exact) mass is 390 g/mol. The lowest BCUT2D eigenvalue weighted by atomic mass is 9.88. The summed E-state index contributed by atoms with van der Waals surface area (Å²) in [6, 6.07) is 3.88. The van der Waals surface area contributed by atoms with Crippen LogP contribution >= 0.6 is 0 Å². The van der Waals surface area contributed by atoms with Crippen LogP contribution in [-0.2, 0) is 19.1 Å². The third-order valence-corrected chi connectivity index (χ3v) is 5.24. The molecule has 1 N–H and O–H groups in total. The molecular formula is C20H26N2O6. The molecule has 1 fully saturated rings. The number of rotatable bonds is 7. The predicted molar refractivity (Wildman–Crippen MR) is 102 cm³/mol. The highest BCUT2D eigenvalue weighted by Gasteiger charge is 2.44. The molecule has 0 spiro atoms. The second kappa shape index (κ2) is 8.95. The van der Waals surface area contributed by atoms with E-state index in [1.54, 1.807) is 6.92 Å². The summed E-state index contributed by atoms with van der Waals surface area (Å²) >= 11 is 0. The number of aryl methyl sites for hydroxylation is 3. The topological polar surface area (TPSA) is 116 Å². The minimum absolute atomic E-state index is 0.147. The van der Waals surface area contributed by atoms with Gasteiger partial charge >= 0.3 is 5.97 Å². The number of hydrogen-bond acceptors (Lipinski definition) is 6. The summed E-state index contributed by atoms with van der Waals surface area (Å²) in [6.45, 7) is 6.68. The highest BCUT2D eigenvalue weighted by molar-refractivity contribution is 5.94. The lowest BCUT2D eigenvalue weighted by Gasteiger charge is -2.17. The van der Waals surface area contributed by atoms with Gasteiger partial charge in [0.15, 0.2) is 6.61 Å². The van der Waals surface area contributed by atoms with E-state index >= 15 is 0 Å². The summed E-state index contributed by atoms with van der Waals surface area (Å²) in [5.74, 6) is -2.69. The van der Waals surface area contributed by atoms with Crippen LogP contribution in [0.15, 0.2) is 12.1 Å². The molecule has 0 radical (unpaired) electrons. The standard InChI is InChI=1S/C20H26N2O6/c1-11-5-13(3)20(14(4)6-11)21-18(24)10-28-19(25)8-15-16(9-22(26)27)12(2)7-17(15)23/h5-6,12,15-16H,7-10H2,1-4H3,(H,21,24)/t12-,15+,16+/m1/s1. The van der Waals surface area contributed by atoms with E-state index in [9.17, 15) is 24.5 Å². The Morgan fingerprint density at radius 3 is 2.43 bits per heavy atom. The number of ether oxygens (including phenoxy) is 1. The van der Waals surface area contributed by atoms with Crippen LogP contribution in [0, 0.1) is 48.6 Å². The first-order chi connectivity index (χ1) is 13.1. The molecule has 1 aromatic rings. The maximum Gasteiger partial charge on any atom is 0.307 e. The minimum Gasteiger partial charge on any atom is -0.456 e. The second-order valence-electron chi connectivity index (χ2n) is 7.62. The first-order valence-corrected chi connectivity index (χ1v) is 9.26. The van der Waals surface area contributed by atoms with Gasteiger partial charge < -0.3 is 10.1 Å².